The average Bonchev–Trinajstić information content (AvgIpc) is 3.27. The number of hydrogen-bond donors (Lipinski definition) is 1. The van der Waals surface area contributed by atoms with Crippen LogP contribution in [0.2, 0.25) is 0 Å². The molecule has 0 unspecified atom stereocenters. The van der Waals surface area contributed by atoms with Crippen molar-refractivity contribution < 1.29 is 4.39 Å². The van der Waals surface area contributed by atoms with Crippen LogP contribution in [0.3, 0.4) is 0 Å². The number of anilines is 3. The minimum atomic E-state index is -0.267. The van der Waals surface area contributed by atoms with Gasteiger partial charge >= 0.3 is 0 Å². The minimum absolute atomic E-state index is 0.267. The third-order valence-electron chi connectivity index (χ3n) is 4.37. The van der Waals surface area contributed by atoms with Gasteiger partial charge in [-0.1, -0.05) is 0 Å². The first-order chi connectivity index (χ1) is 12.2. The second-order valence-corrected chi connectivity index (χ2v) is 6.37. The van der Waals surface area contributed by atoms with E-state index in [1.165, 1.54) is 36.2 Å². The van der Waals surface area contributed by atoms with Gasteiger partial charge in [0.15, 0.2) is 0 Å². The fourth-order valence-corrected chi connectivity index (χ4v) is 3.16. The number of aromatic nitrogens is 3. The Kier molecular flexibility index (Phi) is 4.09. The number of halogens is 1. The number of aryl methyl sites for hydroxylation is 1. The summed E-state index contributed by atoms with van der Waals surface area (Å²) < 4.78 is 14.7. The fourth-order valence-electron chi connectivity index (χ4n) is 3.16. The molecule has 0 radical (unpaired) electrons. The molecular weight excluding hydrogens is 317 g/mol. The van der Waals surface area contributed by atoms with Crippen LogP contribution in [-0.4, -0.2) is 27.9 Å². The van der Waals surface area contributed by atoms with E-state index < -0.39 is 0 Å². The van der Waals surface area contributed by atoms with Crippen molar-refractivity contribution in [2.45, 2.75) is 19.8 Å². The minimum Gasteiger partial charge on any atom is -0.371 e. The van der Waals surface area contributed by atoms with E-state index in [2.05, 4.69) is 45.4 Å². The Bertz CT molecular complexity index is 866. The lowest BCUT2D eigenvalue weighted by molar-refractivity contribution is 0.627. The molecule has 4 rings (SSSR count). The normalized spacial score (nSPS) is 14.1. The van der Waals surface area contributed by atoms with Gasteiger partial charge in [-0.25, -0.2) is 9.07 Å². The van der Waals surface area contributed by atoms with Gasteiger partial charge < -0.3 is 10.2 Å². The maximum Gasteiger partial charge on any atom is 0.246 e. The molecular formula is C19H20FN5. The largest absolute Gasteiger partial charge is 0.371 e. The zero-order valence-corrected chi connectivity index (χ0v) is 14.1. The molecule has 1 aromatic heterocycles. The molecule has 0 spiro atoms. The van der Waals surface area contributed by atoms with Crippen LogP contribution in [0.25, 0.3) is 5.69 Å². The molecule has 0 aliphatic carbocycles. The van der Waals surface area contributed by atoms with Crippen LogP contribution in [0.4, 0.5) is 21.7 Å². The first-order valence-corrected chi connectivity index (χ1v) is 8.49. The third-order valence-corrected chi connectivity index (χ3v) is 4.37. The molecule has 6 heteroatoms. The zero-order chi connectivity index (χ0) is 17.2. The lowest BCUT2D eigenvalue weighted by Gasteiger charge is -2.19. The third kappa shape index (κ3) is 3.47. The van der Waals surface area contributed by atoms with Gasteiger partial charge in [-0.2, -0.15) is 4.98 Å². The van der Waals surface area contributed by atoms with Crippen LogP contribution in [0, 0.1) is 12.7 Å². The molecule has 3 aromatic rings. The van der Waals surface area contributed by atoms with Crippen molar-refractivity contribution in [3.63, 3.8) is 0 Å². The second kappa shape index (κ2) is 6.55. The van der Waals surface area contributed by atoms with E-state index in [1.807, 2.05) is 0 Å². The summed E-state index contributed by atoms with van der Waals surface area (Å²) in [6.45, 7) is 4.32. The Balaban J connectivity index is 1.55. The Morgan fingerprint density at radius 1 is 1.00 bits per heavy atom. The summed E-state index contributed by atoms with van der Waals surface area (Å²) in [4.78, 5) is 6.71. The van der Waals surface area contributed by atoms with E-state index in [-0.39, 0.29) is 5.82 Å². The van der Waals surface area contributed by atoms with Crippen LogP contribution in [0.15, 0.2) is 48.8 Å². The first-order valence-electron chi connectivity index (χ1n) is 8.49. The van der Waals surface area contributed by atoms with Crippen LogP contribution >= 0.6 is 0 Å². The molecule has 1 fully saturated rings. The van der Waals surface area contributed by atoms with Crippen molar-refractivity contribution in [3.8, 4) is 5.69 Å². The molecule has 2 heterocycles. The molecule has 0 atom stereocenters. The maximum absolute atomic E-state index is 13.0. The summed E-state index contributed by atoms with van der Waals surface area (Å²) in [6.07, 6.45) is 4.12. The van der Waals surface area contributed by atoms with Crippen LogP contribution < -0.4 is 10.2 Å². The van der Waals surface area contributed by atoms with Gasteiger partial charge in [0, 0.05) is 24.5 Å². The highest BCUT2D eigenvalue weighted by Crippen LogP contribution is 2.26. The highest BCUT2D eigenvalue weighted by atomic mass is 19.1. The summed E-state index contributed by atoms with van der Waals surface area (Å²) in [6, 6.07) is 12.6. The predicted molar refractivity (Wildman–Crippen MR) is 97.2 cm³/mol. The van der Waals surface area contributed by atoms with Crippen LogP contribution in [0.1, 0.15) is 18.4 Å². The van der Waals surface area contributed by atoms with Crippen LogP contribution in [0.5, 0.6) is 0 Å². The maximum atomic E-state index is 13.0. The molecule has 128 valence electrons. The average molecular weight is 337 g/mol. The van der Waals surface area contributed by atoms with E-state index in [0.717, 1.165) is 24.5 Å². The molecule has 25 heavy (non-hydrogen) atoms. The van der Waals surface area contributed by atoms with E-state index in [4.69, 9.17) is 0 Å². The molecule has 1 N–H and O–H groups in total. The van der Waals surface area contributed by atoms with Gasteiger partial charge in [-0.15, -0.1) is 5.10 Å². The van der Waals surface area contributed by atoms with E-state index >= 15 is 0 Å². The van der Waals surface area contributed by atoms with Crippen molar-refractivity contribution in [2.75, 3.05) is 23.3 Å². The van der Waals surface area contributed by atoms with Gasteiger partial charge in [0.05, 0.1) is 5.69 Å². The molecule has 1 saturated heterocycles. The topological polar surface area (TPSA) is 46.0 Å². The molecule has 0 amide bonds. The zero-order valence-electron chi connectivity index (χ0n) is 14.1. The number of rotatable bonds is 4. The highest BCUT2D eigenvalue weighted by molar-refractivity contribution is 5.64. The number of benzene rings is 2. The van der Waals surface area contributed by atoms with Crippen molar-refractivity contribution in [3.05, 3.63) is 60.2 Å². The summed E-state index contributed by atoms with van der Waals surface area (Å²) >= 11 is 0. The van der Waals surface area contributed by atoms with Crippen molar-refractivity contribution in [2.24, 2.45) is 0 Å². The Hall–Kier alpha value is -2.89. The fraction of sp³-hybridized carbons (Fsp3) is 0.263. The second-order valence-electron chi connectivity index (χ2n) is 6.37. The standard InChI is InChI=1S/C19H20FN5/c1-14-10-16(12-18(11-14)24-8-2-3-9-24)22-19-21-13-25(23-19)17-6-4-15(20)5-7-17/h4-7,10-13H,2-3,8-9H2,1H3,(H,22,23). The molecule has 1 aliphatic rings. The van der Waals surface area contributed by atoms with E-state index in [9.17, 15) is 4.39 Å². The summed E-state index contributed by atoms with van der Waals surface area (Å²) in [5, 5.41) is 7.69. The van der Waals surface area contributed by atoms with Gasteiger partial charge in [0.2, 0.25) is 5.95 Å². The van der Waals surface area contributed by atoms with Crippen LogP contribution in [-0.2, 0) is 0 Å². The molecule has 2 aromatic carbocycles. The van der Waals surface area contributed by atoms with Gasteiger partial charge in [-0.05, 0) is 67.8 Å². The van der Waals surface area contributed by atoms with Crippen molar-refractivity contribution in [1.29, 1.82) is 0 Å². The van der Waals surface area contributed by atoms with E-state index in [1.54, 1.807) is 23.1 Å². The monoisotopic (exact) mass is 337 g/mol. The Morgan fingerprint density at radius 3 is 2.52 bits per heavy atom. The number of hydrogen-bond acceptors (Lipinski definition) is 4. The van der Waals surface area contributed by atoms with Gasteiger partial charge in [-0.3, -0.25) is 0 Å². The Morgan fingerprint density at radius 2 is 1.76 bits per heavy atom. The SMILES string of the molecule is Cc1cc(Nc2ncn(-c3ccc(F)cc3)n2)cc(N2CCCC2)c1. The van der Waals surface area contributed by atoms with Crippen molar-refractivity contribution in [1.82, 2.24) is 14.8 Å². The van der Waals surface area contributed by atoms with Crippen molar-refractivity contribution >= 4 is 17.3 Å². The van der Waals surface area contributed by atoms with Gasteiger partial charge in [0.1, 0.15) is 12.1 Å². The van der Waals surface area contributed by atoms with Gasteiger partial charge in [0.25, 0.3) is 0 Å². The number of nitrogens with zero attached hydrogens (tertiary/aromatic N) is 4. The summed E-state index contributed by atoms with van der Waals surface area (Å²) in [5.41, 5.74) is 4.17. The Labute approximate surface area is 146 Å². The molecule has 0 saturated carbocycles. The molecule has 5 nitrogen and oxygen atoms in total. The predicted octanol–water partition coefficient (Wildman–Crippen LogP) is 4.06. The summed E-state index contributed by atoms with van der Waals surface area (Å²) in [7, 11) is 0. The first kappa shape index (κ1) is 15.6. The highest BCUT2D eigenvalue weighted by Gasteiger charge is 2.13. The number of nitrogens with one attached hydrogen (secondary N) is 1. The smallest absolute Gasteiger partial charge is 0.246 e. The lowest BCUT2D eigenvalue weighted by Crippen LogP contribution is -2.17. The quantitative estimate of drug-likeness (QED) is 0.780. The molecule has 0 bridgehead atoms. The summed E-state index contributed by atoms with van der Waals surface area (Å²) in [5.74, 6) is 0.249. The van der Waals surface area contributed by atoms with E-state index in [0.29, 0.717) is 5.95 Å². The molecule has 1 aliphatic heterocycles. The lowest BCUT2D eigenvalue weighted by atomic mass is 10.2.